The van der Waals surface area contributed by atoms with Crippen LogP contribution < -0.4 is 30.6 Å². The van der Waals surface area contributed by atoms with Crippen LogP contribution in [0.15, 0.2) is 48.8 Å². The van der Waals surface area contributed by atoms with Gasteiger partial charge in [-0.05, 0) is 24.3 Å². The molecule has 138 valence electrons. The van der Waals surface area contributed by atoms with Gasteiger partial charge in [0.2, 0.25) is 0 Å². The number of aromatic nitrogens is 2. The van der Waals surface area contributed by atoms with Gasteiger partial charge in [0.1, 0.15) is 31.0 Å². The smallest absolute Gasteiger partial charge is 0.163 e. The van der Waals surface area contributed by atoms with E-state index in [9.17, 15) is 0 Å². The molecule has 8 heteroatoms. The first-order valence-electron chi connectivity index (χ1n) is 8.41. The second kappa shape index (κ2) is 7.28. The molecule has 0 atom stereocenters. The molecule has 2 heterocycles. The number of fused-ring (bicyclic) bond motifs is 1. The molecule has 4 rings (SSSR count). The maximum Gasteiger partial charge on any atom is 0.163 e. The molecule has 0 amide bonds. The van der Waals surface area contributed by atoms with Crippen molar-refractivity contribution in [2.45, 2.75) is 0 Å². The zero-order valence-corrected chi connectivity index (χ0v) is 14.7. The third-order valence-electron chi connectivity index (χ3n) is 4.02. The molecule has 0 bridgehead atoms. The molecule has 27 heavy (non-hydrogen) atoms. The van der Waals surface area contributed by atoms with Crippen molar-refractivity contribution in [3.05, 3.63) is 48.8 Å². The Morgan fingerprint density at radius 2 is 1.63 bits per heavy atom. The minimum atomic E-state index is 0.398. The lowest BCUT2D eigenvalue weighted by molar-refractivity contribution is 0.171. The van der Waals surface area contributed by atoms with Gasteiger partial charge in [-0.1, -0.05) is 6.07 Å². The molecule has 0 aliphatic carbocycles. The molecule has 0 fully saturated rings. The van der Waals surface area contributed by atoms with Crippen molar-refractivity contribution in [2.75, 3.05) is 36.7 Å². The summed E-state index contributed by atoms with van der Waals surface area (Å²) in [5.41, 5.74) is 8.25. The fourth-order valence-electron chi connectivity index (χ4n) is 2.69. The molecule has 4 N–H and O–H groups in total. The van der Waals surface area contributed by atoms with E-state index in [0.29, 0.717) is 36.3 Å². The number of nitrogen functional groups attached to an aromatic ring is 1. The molecule has 2 aromatic carbocycles. The first kappa shape index (κ1) is 16.8. The Morgan fingerprint density at radius 1 is 0.926 bits per heavy atom. The minimum absolute atomic E-state index is 0.398. The predicted molar refractivity (Wildman–Crippen MR) is 103 cm³/mol. The molecule has 0 unspecified atom stereocenters. The normalized spacial score (nSPS) is 12.3. The van der Waals surface area contributed by atoms with E-state index in [-0.39, 0.29) is 0 Å². The Balaban J connectivity index is 1.56. The van der Waals surface area contributed by atoms with E-state index in [2.05, 4.69) is 20.6 Å². The van der Waals surface area contributed by atoms with E-state index >= 15 is 0 Å². The van der Waals surface area contributed by atoms with Gasteiger partial charge in [0.15, 0.2) is 23.1 Å². The average molecular weight is 365 g/mol. The summed E-state index contributed by atoms with van der Waals surface area (Å²) in [5.74, 6) is 3.14. The van der Waals surface area contributed by atoms with Crippen LogP contribution >= 0.6 is 0 Å². The van der Waals surface area contributed by atoms with Gasteiger partial charge in [0.25, 0.3) is 0 Å². The number of hydrogen-bond donors (Lipinski definition) is 3. The number of nitrogens with two attached hydrogens (primary N) is 1. The summed E-state index contributed by atoms with van der Waals surface area (Å²) < 4.78 is 16.4. The van der Waals surface area contributed by atoms with Gasteiger partial charge in [-0.3, -0.25) is 0 Å². The lowest BCUT2D eigenvalue weighted by atomic mass is 10.2. The second-order valence-corrected chi connectivity index (χ2v) is 5.82. The Labute approximate surface area is 156 Å². The largest absolute Gasteiger partial charge is 0.497 e. The molecule has 3 aromatic rings. The summed E-state index contributed by atoms with van der Waals surface area (Å²) in [6.45, 7) is 1.08. The van der Waals surface area contributed by atoms with Crippen LogP contribution in [0, 0.1) is 0 Å². The highest BCUT2D eigenvalue weighted by Crippen LogP contribution is 2.35. The first-order valence-corrected chi connectivity index (χ1v) is 8.41. The summed E-state index contributed by atoms with van der Waals surface area (Å²) in [4.78, 5) is 8.47. The number of ether oxygens (including phenoxy) is 3. The van der Waals surface area contributed by atoms with Crippen molar-refractivity contribution >= 4 is 28.7 Å². The van der Waals surface area contributed by atoms with E-state index in [1.54, 1.807) is 7.11 Å². The quantitative estimate of drug-likeness (QED) is 0.633. The Bertz CT molecular complexity index is 964. The number of nitrogens with one attached hydrogen (secondary N) is 2. The summed E-state index contributed by atoms with van der Waals surface area (Å²) in [7, 11) is 1.62. The van der Waals surface area contributed by atoms with Crippen molar-refractivity contribution in [2.24, 2.45) is 0 Å². The summed E-state index contributed by atoms with van der Waals surface area (Å²) >= 11 is 0. The summed E-state index contributed by atoms with van der Waals surface area (Å²) in [5, 5.41) is 6.38. The number of rotatable bonds is 5. The lowest BCUT2D eigenvalue weighted by Gasteiger charge is -2.19. The molecule has 0 saturated heterocycles. The van der Waals surface area contributed by atoms with Crippen LogP contribution in [0.5, 0.6) is 17.2 Å². The molecule has 1 aliphatic rings. The van der Waals surface area contributed by atoms with Gasteiger partial charge in [0.05, 0.1) is 7.11 Å². The number of hydrogen-bond acceptors (Lipinski definition) is 8. The van der Waals surface area contributed by atoms with E-state index in [1.807, 2.05) is 42.5 Å². The van der Waals surface area contributed by atoms with Crippen LogP contribution in [0.25, 0.3) is 0 Å². The van der Waals surface area contributed by atoms with Crippen LogP contribution in [0.4, 0.5) is 28.7 Å². The minimum Gasteiger partial charge on any atom is -0.497 e. The Hall–Kier alpha value is -3.68. The van der Waals surface area contributed by atoms with Crippen LogP contribution in [-0.2, 0) is 0 Å². The van der Waals surface area contributed by atoms with Gasteiger partial charge in [-0.25, -0.2) is 9.97 Å². The Kier molecular flexibility index (Phi) is 4.52. The zero-order valence-electron chi connectivity index (χ0n) is 14.7. The van der Waals surface area contributed by atoms with Crippen molar-refractivity contribution in [3.63, 3.8) is 0 Å². The monoisotopic (exact) mass is 365 g/mol. The molecule has 1 aliphatic heterocycles. The average Bonchev–Trinajstić information content (AvgIpc) is 2.71. The molecule has 8 nitrogen and oxygen atoms in total. The molecule has 0 radical (unpaired) electrons. The van der Waals surface area contributed by atoms with E-state index < -0.39 is 0 Å². The van der Waals surface area contributed by atoms with Gasteiger partial charge < -0.3 is 30.6 Å². The van der Waals surface area contributed by atoms with E-state index in [0.717, 1.165) is 22.9 Å². The third-order valence-corrected chi connectivity index (χ3v) is 4.02. The van der Waals surface area contributed by atoms with E-state index in [4.69, 9.17) is 19.9 Å². The van der Waals surface area contributed by atoms with Gasteiger partial charge in [-0.15, -0.1) is 0 Å². The zero-order chi connectivity index (χ0) is 18.6. The predicted octanol–water partition coefficient (Wildman–Crippen LogP) is 3.33. The van der Waals surface area contributed by atoms with Crippen LogP contribution in [0.2, 0.25) is 0 Å². The fraction of sp³-hybridized carbons (Fsp3) is 0.158. The van der Waals surface area contributed by atoms with Gasteiger partial charge >= 0.3 is 0 Å². The van der Waals surface area contributed by atoms with Crippen molar-refractivity contribution in [1.82, 2.24) is 9.97 Å². The van der Waals surface area contributed by atoms with Crippen molar-refractivity contribution in [3.8, 4) is 17.2 Å². The van der Waals surface area contributed by atoms with Crippen LogP contribution in [-0.4, -0.2) is 30.3 Å². The molecule has 0 saturated carbocycles. The molecule has 0 spiro atoms. The maximum absolute atomic E-state index is 6.25. The topological polar surface area (TPSA) is 104 Å². The third kappa shape index (κ3) is 3.64. The van der Waals surface area contributed by atoms with Crippen LogP contribution in [0.1, 0.15) is 0 Å². The SMILES string of the molecule is COc1cccc(Nc2ncnc(Nc3ccc4c(c3)OCCO4)c2N)c1. The first-order chi connectivity index (χ1) is 13.2. The van der Waals surface area contributed by atoms with E-state index in [1.165, 1.54) is 6.33 Å². The number of benzene rings is 2. The highest BCUT2D eigenvalue weighted by atomic mass is 16.6. The summed E-state index contributed by atoms with van der Waals surface area (Å²) in [6, 6.07) is 13.1. The fourth-order valence-corrected chi connectivity index (χ4v) is 2.69. The maximum atomic E-state index is 6.25. The van der Waals surface area contributed by atoms with Crippen molar-refractivity contribution < 1.29 is 14.2 Å². The number of methoxy groups -OCH3 is 1. The van der Waals surface area contributed by atoms with Crippen molar-refractivity contribution in [1.29, 1.82) is 0 Å². The van der Waals surface area contributed by atoms with Gasteiger partial charge in [0, 0.05) is 23.5 Å². The number of nitrogens with zero attached hydrogens (tertiary/aromatic N) is 2. The van der Waals surface area contributed by atoms with Gasteiger partial charge in [-0.2, -0.15) is 0 Å². The standard InChI is InChI=1S/C19H19N5O3/c1-25-14-4-2-3-12(9-14)23-18-17(20)19(22-11-21-18)24-13-5-6-15-16(10-13)27-8-7-26-15/h2-6,9-11H,7-8,20H2,1H3,(H2,21,22,23,24). The second-order valence-electron chi connectivity index (χ2n) is 5.82. The van der Waals surface area contributed by atoms with Crippen LogP contribution in [0.3, 0.4) is 0 Å². The summed E-state index contributed by atoms with van der Waals surface area (Å²) in [6.07, 6.45) is 1.44. The Morgan fingerprint density at radius 3 is 2.37 bits per heavy atom. The lowest BCUT2D eigenvalue weighted by Crippen LogP contribution is -2.15. The molecule has 1 aromatic heterocycles. The molecular weight excluding hydrogens is 346 g/mol. The highest BCUT2D eigenvalue weighted by Gasteiger charge is 2.14. The molecular formula is C19H19N5O3. The highest BCUT2D eigenvalue weighted by molar-refractivity contribution is 5.80. The number of anilines is 5.